The summed E-state index contributed by atoms with van der Waals surface area (Å²) in [7, 11) is 0. The Morgan fingerprint density at radius 3 is 2.89 bits per heavy atom. The average Bonchev–Trinajstić information content (AvgIpc) is 3.11. The molecule has 0 atom stereocenters. The van der Waals surface area contributed by atoms with Crippen LogP contribution in [0.25, 0.3) is 0 Å². The van der Waals surface area contributed by atoms with Crippen LogP contribution in [0.15, 0.2) is 18.2 Å². The Morgan fingerprint density at radius 1 is 1.39 bits per heavy atom. The fourth-order valence-electron chi connectivity index (χ4n) is 2.03. The summed E-state index contributed by atoms with van der Waals surface area (Å²) in [6.07, 6.45) is 2.37. The van der Waals surface area contributed by atoms with Gasteiger partial charge in [-0.3, -0.25) is 5.10 Å². The van der Waals surface area contributed by atoms with Gasteiger partial charge < -0.3 is 4.57 Å². The molecule has 1 fully saturated rings. The zero-order valence-corrected chi connectivity index (χ0v) is 10.3. The molecule has 1 saturated carbocycles. The number of hydrogen-bond acceptors (Lipinski definition) is 2. The summed E-state index contributed by atoms with van der Waals surface area (Å²) in [6, 6.07) is 4.53. The van der Waals surface area contributed by atoms with Gasteiger partial charge in [-0.2, -0.15) is 5.10 Å². The van der Waals surface area contributed by atoms with Crippen LogP contribution in [0, 0.1) is 16.4 Å². The largest absolute Gasteiger partial charge is 0.301 e. The van der Waals surface area contributed by atoms with E-state index in [1.807, 2.05) is 4.57 Å². The number of nitrogens with one attached hydrogen (secondary N) is 1. The molecule has 1 aliphatic rings. The minimum absolute atomic E-state index is 0.243. The Kier molecular flexibility index (Phi) is 2.74. The molecule has 0 saturated heterocycles. The molecule has 1 heterocycles. The van der Waals surface area contributed by atoms with Gasteiger partial charge in [0.2, 0.25) is 0 Å². The summed E-state index contributed by atoms with van der Waals surface area (Å²) in [6.45, 7) is 0. The predicted molar refractivity (Wildman–Crippen MR) is 64.8 cm³/mol. The Balaban J connectivity index is 1.97. The lowest BCUT2D eigenvalue weighted by atomic mass is 10.1. The van der Waals surface area contributed by atoms with Crippen molar-refractivity contribution in [1.29, 1.82) is 0 Å². The second-order valence-corrected chi connectivity index (χ2v) is 4.82. The van der Waals surface area contributed by atoms with Crippen LogP contribution in [-0.4, -0.2) is 14.8 Å². The summed E-state index contributed by atoms with van der Waals surface area (Å²) in [4.78, 5) is 0. The van der Waals surface area contributed by atoms with Crippen molar-refractivity contribution in [3.8, 4) is 0 Å². The average molecular weight is 267 g/mol. The topological polar surface area (TPSA) is 33.6 Å². The van der Waals surface area contributed by atoms with Gasteiger partial charge >= 0.3 is 0 Å². The van der Waals surface area contributed by atoms with Crippen molar-refractivity contribution in [2.45, 2.75) is 25.3 Å². The van der Waals surface area contributed by atoms with Crippen LogP contribution in [-0.2, 0) is 6.42 Å². The van der Waals surface area contributed by atoms with E-state index in [4.69, 9.17) is 12.2 Å². The molecule has 3 nitrogen and oxygen atoms in total. The summed E-state index contributed by atoms with van der Waals surface area (Å²) < 4.78 is 29.2. The van der Waals surface area contributed by atoms with Crippen LogP contribution >= 0.6 is 12.2 Å². The van der Waals surface area contributed by atoms with Crippen molar-refractivity contribution in [2.75, 3.05) is 0 Å². The van der Waals surface area contributed by atoms with Crippen LogP contribution in [0.2, 0.25) is 0 Å². The number of nitrogens with zero attached hydrogens (tertiary/aromatic N) is 2. The maximum atomic E-state index is 13.6. The number of aromatic nitrogens is 3. The Morgan fingerprint density at radius 2 is 2.17 bits per heavy atom. The van der Waals surface area contributed by atoms with Crippen molar-refractivity contribution < 1.29 is 8.78 Å². The van der Waals surface area contributed by atoms with E-state index in [9.17, 15) is 8.78 Å². The third-order valence-corrected chi connectivity index (χ3v) is 3.36. The van der Waals surface area contributed by atoms with Gasteiger partial charge in [-0.05, 0) is 36.7 Å². The van der Waals surface area contributed by atoms with E-state index in [2.05, 4.69) is 10.2 Å². The van der Waals surface area contributed by atoms with Gasteiger partial charge in [0.25, 0.3) is 0 Å². The molecule has 1 N–H and O–H groups in total. The molecule has 6 heteroatoms. The van der Waals surface area contributed by atoms with Gasteiger partial charge in [0.1, 0.15) is 5.82 Å². The molecule has 94 valence electrons. The van der Waals surface area contributed by atoms with Crippen LogP contribution in [0.4, 0.5) is 8.78 Å². The quantitative estimate of drug-likeness (QED) is 0.867. The highest BCUT2D eigenvalue weighted by Gasteiger charge is 2.27. The summed E-state index contributed by atoms with van der Waals surface area (Å²) in [5.74, 6) is -0.986. The molecular weight excluding hydrogens is 256 g/mol. The highest BCUT2D eigenvalue weighted by molar-refractivity contribution is 7.71. The molecule has 0 radical (unpaired) electrons. The molecule has 18 heavy (non-hydrogen) atoms. The minimum atomic E-state index is -0.834. The van der Waals surface area contributed by atoms with E-state index >= 15 is 0 Å². The fraction of sp³-hybridized carbons (Fsp3) is 0.333. The number of rotatable bonds is 3. The highest BCUT2D eigenvalue weighted by Crippen LogP contribution is 2.36. The Hall–Kier alpha value is -1.56. The van der Waals surface area contributed by atoms with Crippen LogP contribution < -0.4 is 0 Å². The number of aromatic amines is 1. The lowest BCUT2D eigenvalue weighted by Gasteiger charge is -2.06. The monoisotopic (exact) mass is 267 g/mol. The van der Waals surface area contributed by atoms with E-state index in [-0.39, 0.29) is 6.42 Å². The molecule has 0 unspecified atom stereocenters. The van der Waals surface area contributed by atoms with E-state index in [0.29, 0.717) is 22.2 Å². The van der Waals surface area contributed by atoms with Crippen LogP contribution in [0.3, 0.4) is 0 Å². The smallest absolute Gasteiger partial charge is 0.195 e. The summed E-state index contributed by atoms with van der Waals surface area (Å²) >= 11 is 5.14. The molecular formula is C12H11F2N3S. The molecule has 0 bridgehead atoms. The SMILES string of the molecule is Fc1cccc(Cc2n[nH]c(=S)n2C2CC2)c1F. The summed E-state index contributed by atoms with van der Waals surface area (Å²) in [5, 5.41) is 6.81. The molecule has 1 aromatic carbocycles. The zero-order chi connectivity index (χ0) is 12.7. The lowest BCUT2D eigenvalue weighted by molar-refractivity contribution is 0.499. The first-order valence-corrected chi connectivity index (χ1v) is 6.16. The molecule has 0 aliphatic heterocycles. The molecule has 0 spiro atoms. The van der Waals surface area contributed by atoms with Gasteiger partial charge in [0, 0.05) is 12.5 Å². The van der Waals surface area contributed by atoms with Gasteiger partial charge in [-0.25, -0.2) is 8.78 Å². The van der Waals surface area contributed by atoms with Crippen LogP contribution in [0.5, 0.6) is 0 Å². The second kappa shape index (κ2) is 4.28. The zero-order valence-electron chi connectivity index (χ0n) is 9.49. The molecule has 1 aliphatic carbocycles. The molecule has 0 amide bonds. The standard InChI is InChI=1S/C12H11F2N3S/c13-9-3-1-2-7(11(9)14)6-10-15-16-12(18)17(10)8-4-5-8/h1-3,8H,4-6H2,(H,16,18). The third-order valence-electron chi connectivity index (χ3n) is 3.07. The van der Waals surface area contributed by atoms with E-state index in [1.165, 1.54) is 6.07 Å². The first-order chi connectivity index (χ1) is 8.66. The number of halogens is 2. The maximum absolute atomic E-state index is 13.6. The molecule has 1 aromatic heterocycles. The van der Waals surface area contributed by atoms with Crippen molar-refractivity contribution >= 4 is 12.2 Å². The van der Waals surface area contributed by atoms with Crippen molar-refractivity contribution in [2.24, 2.45) is 0 Å². The highest BCUT2D eigenvalue weighted by atomic mass is 32.1. The van der Waals surface area contributed by atoms with E-state index < -0.39 is 11.6 Å². The fourth-order valence-corrected chi connectivity index (χ4v) is 2.33. The molecule has 3 rings (SSSR count). The maximum Gasteiger partial charge on any atom is 0.195 e. The van der Waals surface area contributed by atoms with Gasteiger partial charge in [0.15, 0.2) is 16.4 Å². The van der Waals surface area contributed by atoms with Gasteiger partial charge in [-0.1, -0.05) is 12.1 Å². The minimum Gasteiger partial charge on any atom is -0.301 e. The first-order valence-electron chi connectivity index (χ1n) is 5.75. The first kappa shape index (κ1) is 11.5. The summed E-state index contributed by atoms with van der Waals surface area (Å²) in [5.41, 5.74) is 0.297. The molecule has 2 aromatic rings. The number of benzene rings is 1. The van der Waals surface area contributed by atoms with E-state index in [0.717, 1.165) is 18.9 Å². The normalized spacial score (nSPS) is 15.0. The van der Waals surface area contributed by atoms with Crippen LogP contribution in [0.1, 0.15) is 30.3 Å². The van der Waals surface area contributed by atoms with Gasteiger partial charge in [0.05, 0.1) is 0 Å². The van der Waals surface area contributed by atoms with Crippen molar-refractivity contribution in [3.63, 3.8) is 0 Å². The second-order valence-electron chi connectivity index (χ2n) is 4.44. The van der Waals surface area contributed by atoms with E-state index in [1.54, 1.807) is 6.07 Å². The lowest BCUT2D eigenvalue weighted by Crippen LogP contribution is -2.04. The Labute approximate surface area is 107 Å². The van der Waals surface area contributed by atoms with Crippen molar-refractivity contribution in [1.82, 2.24) is 14.8 Å². The predicted octanol–water partition coefficient (Wildman–Crippen LogP) is 3.14. The third kappa shape index (κ3) is 1.96. The van der Waals surface area contributed by atoms with Gasteiger partial charge in [-0.15, -0.1) is 0 Å². The number of H-pyrrole nitrogens is 1. The van der Waals surface area contributed by atoms with Crippen molar-refractivity contribution in [3.05, 3.63) is 46.0 Å². The number of hydrogen-bond donors (Lipinski definition) is 1. The Bertz CT molecular complexity index is 643.